The van der Waals surface area contributed by atoms with Crippen LogP contribution in [0.2, 0.25) is 0 Å². The summed E-state index contributed by atoms with van der Waals surface area (Å²) in [6, 6.07) is 18.5. The van der Waals surface area contributed by atoms with Crippen molar-refractivity contribution in [3.63, 3.8) is 0 Å². The quantitative estimate of drug-likeness (QED) is 0.439. The molecule has 0 unspecified atom stereocenters. The lowest BCUT2D eigenvalue weighted by Crippen LogP contribution is -2.38. The number of anilines is 1. The lowest BCUT2D eigenvalue weighted by molar-refractivity contribution is -0.121. The largest absolute Gasteiger partial charge is 0.325 e. The van der Waals surface area contributed by atoms with Gasteiger partial charge in [-0.25, -0.2) is 5.48 Å². The number of amides is 2. The SMILES string of the molecule is O=C(NO)c1ccc(NC(=O)C2(c3ccc(-c4cccnc4)cc3)CCCC2)cc1. The summed E-state index contributed by atoms with van der Waals surface area (Å²) < 4.78 is 0. The zero-order valence-electron chi connectivity index (χ0n) is 16.5. The van der Waals surface area contributed by atoms with Crippen molar-refractivity contribution in [3.05, 3.63) is 84.2 Å². The second-order valence-electron chi connectivity index (χ2n) is 7.58. The fourth-order valence-corrected chi connectivity index (χ4v) is 4.16. The van der Waals surface area contributed by atoms with Crippen LogP contribution in [0.3, 0.4) is 0 Å². The summed E-state index contributed by atoms with van der Waals surface area (Å²) in [5, 5.41) is 11.7. The van der Waals surface area contributed by atoms with E-state index in [9.17, 15) is 9.59 Å². The van der Waals surface area contributed by atoms with Crippen molar-refractivity contribution < 1.29 is 14.8 Å². The lowest BCUT2D eigenvalue weighted by Gasteiger charge is -2.28. The molecule has 0 spiro atoms. The van der Waals surface area contributed by atoms with Gasteiger partial charge < -0.3 is 5.32 Å². The summed E-state index contributed by atoms with van der Waals surface area (Å²) in [6.07, 6.45) is 7.19. The summed E-state index contributed by atoms with van der Waals surface area (Å²) in [5.41, 5.74) is 5.10. The standard InChI is InChI=1S/C24H23N3O3/c28-22(27-30)18-7-11-21(12-8-18)26-23(29)24(13-1-2-14-24)20-9-5-17(6-10-20)19-4-3-15-25-16-19/h3-12,15-16,30H,1-2,13-14H2,(H,26,29)(H,27,28). The number of carbonyl (C=O) groups excluding carboxylic acids is 2. The topological polar surface area (TPSA) is 91.3 Å². The van der Waals surface area contributed by atoms with Crippen molar-refractivity contribution in [1.29, 1.82) is 0 Å². The molecule has 2 aromatic carbocycles. The van der Waals surface area contributed by atoms with E-state index in [0.29, 0.717) is 11.3 Å². The van der Waals surface area contributed by atoms with Gasteiger partial charge in [-0.15, -0.1) is 0 Å². The van der Waals surface area contributed by atoms with Crippen LogP contribution in [0.1, 0.15) is 41.6 Å². The molecule has 1 heterocycles. The predicted molar refractivity (Wildman–Crippen MR) is 114 cm³/mol. The minimum Gasteiger partial charge on any atom is -0.325 e. The molecule has 0 aliphatic heterocycles. The van der Waals surface area contributed by atoms with Gasteiger partial charge in [-0.05, 0) is 59.9 Å². The third kappa shape index (κ3) is 3.82. The van der Waals surface area contributed by atoms with Crippen molar-refractivity contribution >= 4 is 17.5 Å². The van der Waals surface area contributed by atoms with Crippen LogP contribution >= 0.6 is 0 Å². The van der Waals surface area contributed by atoms with Crippen molar-refractivity contribution in [1.82, 2.24) is 10.5 Å². The van der Waals surface area contributed by atoms with Gasteiger partial charge in [0.05, 0.1) is 5.41 Å². The first-order valence-corrected chi connectivity index (χ1v) is 9.99. The molecule has 2 amide bonds. The van der Waals surface area contributed by atoms with E-state index in [1.807, 2.05) is 42.6 Å². The van der Waals surface area contributed by atoms with Crippen LogP contribution in [0, 0.1) is 0 Å². The zero-order valence-corrected chi connectivity index (χ0v) is 16.5. The highest BCUT2D eigenvalue weighted by atomic mass is 16.5. The third-order valence-corrected chi connectivity index (χ3v) is 5.83. The number of aromatic nitrogens is 1. The van der Waals surface area contributed by atoms with Crippen LogP contribution in [-0.2, 0) is 10.2 Å². The first-order valence-electron chi connectivity index (χ1n) is 9.99. The number of rotatable bonds is 5. The number of pyridine rings is 1. The summed E-state index contributed by atoms with van der Waals surface area (Å²) in [7, 11) is 0. The van der Waals surface area contributed by atoms with Gasteiger partial charge in [0, 0.05) is 23.6 Å². The Morgan fingerprint density at radius 1 is 0.900 bits per heavy atom. The van der Waals surface area contributed by atoms with Gasteiger partial charge in [0.2, 0.25) is 5.91 Å². The summed E-state index contributed by atoms with van der Waals surface area (Å²) in [5.74, 6) is -0.623. The van der Waals surface area contributed by atoms with Crippen molar-refractivity contribution in [2.24, 2.45) is 0 Å². The summed E-state index contributed by atoms with van der Waals surface area (Å²) in [6.45, 7) is 0. The Kier molecular flexibility index (Phi) is 5.59. The fraction of sp³-hybridized carbons (Fsp3) is 0.208. The lowest BCUT2D eigenvalue weighted by atomic mass is 9.77. The van der Waals surface area contributed by atoms with Gasteiger partial charge in [0.15, 0.2) is 0 Å². The number of carbonyl (C=O) groups is 2. The van der Waals surface area contributed by atoms with Gasteiger partial charge in [0.1, 0.15) is 0 Å². The van der Waals surface area contributed by atoms with E-state index in [1.165, 1.54) is 0 Å². The molecular weight excluding hydrogens is 378 g/mol. The average Bonchev–Trinajstić information content (AvgIpc) is 3.31. The maximum atomic E-state index is 13.3. The van der Waals surface area contributed by atoms with Crippen LogP contribution in [0.4, 0.5) is 5.69 Å². The molecule has 1 aromatic heterocycles. The third-order valence-electron chi connectivity index (χ3n) is 5.83. The Morgan fingerprint density at radius 3 is 2.20 bits per heavy atom. The van der Waals surface area contributed by atoms with Crippen LogP contribution in [0.5, 0.6) is 0 Å². The van der Waals surface area contributed by atoms with E-state index in [1.54, 1.807) is 35.9 Å². The number of hydrogen-bond acceptors (Lipinski definition) is 4. The molecule has 0 bridgehead atoms. The number of hydrogen-bond donors (Lipinski definition) is 3. The Morgan fingerprint density at radius 2 is 1.60 bits per heavy atom. The van der Waals surface area contributed by atoms with Gasteiger partial charge in [0.25, 0.3) is 5.91 Å². The molecule has 1 fully saturated rings. The first-order chi connectivity index (χ1) is 14.6. The Balaban J connectivity index is 1.56. The Labute approximate surface area is 174 Å². The van der Waals surface area contributed by atoms with E-state index >= 15 is 0 Å². The van der Waals surface area contributed by atoms with Crippen LogP contribution in [0.25, 0.3) is 11.1 Å². The molecule has 152 valence electrons. The molecule has 30 heavy (non-hydrogen) atoms. The molecule has 4 rings (SSSR count). The van der Waals surface area contributed by atoms with Crippen LogP contribution in [-0.4, -0.2) is 22.0 Å². The highest BCUT2D eigenvalue weighted by Gasteiger charge is 2.42. The van der Waals surface area contributed by atoms with Gasteiger partial charge in [-0.2, -0.15) is 0 Å². The fourth-order valence-electron chi connectivity index (χ4n) is 4.16. The van der Waals surface area contributed by atoms with E-state index in [4.69, 9.17) is 5.21 Å². The minimum atomic E-state index is -0.589. The molecule has 1 aliphatic rings. The second kappa shape index (κ2) is 8.47. The Bertz CT molecular complexity index is 1030. The van der Waals surface area contributed by atoms with Crippen LogP contribution < -0.4 is 10.8 Å². The van der Waals surface area contributed by atoms with Crippen molar-refractivity contribution in [2.45, 2.75) is 31.1 Å². The zero-order chi connectivity index (χ0) is 21.0. The average molecular weight is 401 g/mol. The maximum Gasteiger partial charge on any atom is 0.274 e. The van der Waals surface area contributed by atoms with E-state index < -0.39 is 11.3 Å². The molecule has 1 saturated carbocycles. The van der Waals surface area contributed by atoms with E-state index in [2.05, 4.69) is 10.3 Å². The number of nitrogens with one attached hydrogen (secondary N) is 2. The maximum absolute atomic E-state index is 13.3. The number of hydroxylamine groups is 1. The highest BCUT2D eigenvalue weighted by Crippen LogP contribution is 2.42. The number of benzene rings is 2. The molecule has 1 aliphatic carbocycles. The number of nitrogens with zero attached hydrogens (tertiary/aromatic N) is 1. The monoisotopic (exact) mass is 401 g/mol. The molecule has 6 nitrogen and oxygen atoms in total. The molecule has 3 N–H and O–H groups in total. The van der Waals surface area contributed by atoms with E-state index in [-0.39, 0.29) is 5.91 Å². The first kappa shape index (κ1) is 19.8. The summed E-state index contributed by atoms with van der Waals surface area (Å²) in [4.78, 5) is 29.0. The Hall–Kier alpha value is -3.51. The van der Waals surface area contributed by atoms with Gasteiger partial charge in [-0.3, -0.25) is 19.8 Å². The predicted octanol–water partition coefficient (Wildman–Crippen LogP) is 4.32. The molecule has 0 saturated heterocycles. The van der Waals surface area contributed by atoms with Crippen molar-refractivity contribution in [3.8, 4) is 11.1 Å². The molecule has 0 radical (unpaired) electrons. The van der Waals surface area contributed by atoms with Crippen LogP contribution in [0.15, 0.2) is 73.1 Å². The summed E-state index contributed by atoms with van der Waals surface area (Å²) >= 11 is 0. The molecule has 0 atom stereocenters. The van der Waals surface area contributed by atoms with Gasteiger partial charge >= 0.3 is 0 Å². The molecule has 3 aromatic rings. The minimum absolute atomic E-state index is 0.0338. The smallest absolute Gasteiger partial charge is 0.274 e. The van der Waals surface area contributed by atoms with E-state index in [0.717, 1.165) is 42.4 Å². The highest BCUT2D eigenvalue weighted by molar-refractivity contribution is 6.00. The van der Waals surface area contributed by atoms with Crippen molar-refractivity contribution in [2.75, 3.05) is 5.32 Å². The molecular formula is C24H23N3O3. The normalized spacial score (nSPS) is 14.8. The second-order valence-corrected chi connectivity index (χ2v) is 7.58. The van der Waals surface area contributed by atoms with Gasteiger partial charge in [-0.1, -0.05) is 43.2 Å². The molecule has 6 heteroatoms.